The van der Waals surface area contributed by atoms with Gasteiger partial charge < -0.3 is 9.84 Å². The average Bonchev–Trinajstić information content (AvgIpc) is 2.83. The van der Waals surface area contributed by atoms with Crippen molar-refractivity contribution in [2.45, 2.75) is 40.2 Å². The Kier molecular flexibility index (Phi) is 4.49. The Morgan fingerprint density at radius 3 is 2.65 bits per heavy atom. The summed E-state index contributed by atoms with van der Waals surface area (Å²) in [5.74, 6) is 1.72. The zero-order valence-corrected chi connectivity index (χ0v) is 12.8. The van der Waals surface area contributed by atoms with Crippen LogP contribution in [0.2, 0.25) is 0 Å². The van der Waals surface area contributed by atoms with Gasteiger partial charge in [-0.25, -0.2) is 0 Å². The summed E-state index contributed by atoms with van der Waals surface area (Å²) < 4.78 is 5.35. The number of nitrogens with one attached hydrogen (secondary N) is 1. The summed E-state index contributed by atoms with van der Waals surface area (Å²) in [5.41, 5.74) is 2.98. The van der Waals surface area contributed by atoms with Crippen molar-refractivity contribution >= 4 is 0 Å². The maximum atomic E-state index is 5.35. The number of aryl methyl sites for hydroxylation is 2. The van der Waals surface area contributed by atoms with Gasteiger partial charge in [0, 0.05) is 18.7 Å². The van der Waals surface area contributed by atoms with Gasteiger partial charge in [0.05, 0.1) is 0 Å². The summed E-state index contributed by atoms with van der Waals surface area (Å²) in [5, 5.41) is 7.32. The first-order valence-corrected chi connectivity index (χ1v) is 6.94. The SMILES string of the molecule is CNC(Cc1nc(-c2ncc(C)cc2C)no1)C(C)C. The summed E-state index contributed by atoms with van der Waals surface area (Å²) >= 11 is 0. The summed E-state index contributed by atoms with van der Waals surface area (Å²) in [6.07, 6.45) is 2.55. The smallest absolute Gasteiger partial charge is 0.228 e. The lowest BCUT2D eigenvalue weighted by atomic mass is 10.0. The van der Waals surface area contributed by atoms with Crippen molar-refractivity contribution in [3.05, 3.63) is 29.3 Å². The lowest BCUT2D eigenvalue weighted by Crippen LogP contribution is -2.32. The maximum Gasteiger partial charge on any atom is 0.228 e. The summed E-state index contributed by atoms with van der Waals surface area (Å²) in [6, 6.07) is 2.40. The van der Waals surface area contributed by atoms with Gasteiger partial charge in [0.15, 0.2) is 0 Å². The molecule has 0 saturated heterocycles. The van der Waals surface area contributed by atoms with Crippen molar-refractivity contribution in [1.29, 1.82) is 0 Å². The van der Waals surface area contributed by atoms with Gasteiger partial charge in [0.25, 0.3) is 0 Å². The lowest BCUT2D eigenvalue weighted by Gasteiger charge is -2.17. The molecule has 1 unspecified atom stereocenters. The molecule has 5 nitrogen and oxygen atoms in total. The zero-order chi connectivity index (χ0) is 14.7. The Bertz CT molecular complexity index is 577. The molecule has 0 spiro atoms. The molecule has 0 radical (unpaired) electrons. The maximum absolute atomic E-state index is 5.35. The molecule has 0 aliphatic carbocycles. The van der Waals surface area contributed by atoms with Crippen molar-refractivity contribution in [2.75, 3.05) is 7.05 Å². The van der Waals surface area contributed by atoms with Gasteiger partial charge in [-0.3, -0.25) is 4.98 Å². The van der Waals surface area contributed by atoms with E-state index in [9.17, 15) is 0 Å². The summed E-state index contributed by atoms with van der Waals surface area (Å²) in [6.45, 7) is 8.37. The van der Waals surface area contributed by atoms with E-state index in [1.165, 1.54) is 0 Å². The van der Waals surface area contributed by atoms with E-state index >= 15 is 0 Å². The molecule has 2 aromatic rings. The van der Waals surface area contributed by atoms with Gasteiger partial charge in [0.1, 0.15) is 5.69 Å². The fourth-order valence-corrected chi connectivity index (χ4v) is 2.24. The van der Waals surface area contributed by atoms with Crippen LogP contribution < -0.4 is 5.32 Å². The second-order valence-electron chi connectivity index (χ2n) is 5.53. The predicted octanol–water partition coefficient (Wildman–Crippen LogP) is 2.53. The molecular formula is C15H22N4O. The Hall–Kier alpha value is -1.75. The first-order valence-electron chi connectivity index (χ1n) is 6.94. The first-order chi connectivity index (χ1) is 9.51. The van der Waals surface area contributed by atoms with Crippen LogP contribution in [0.1, 0.15) is 30.9 Å². The highest BCUT2D eigenvalue weighted by atomic mass is 16.5. The molecule has 0 aliphatic heterocycles. The topological polar surface area (TPSA) is 63.8 Å². The number of hydrogen-bond donors (Lipinski definition) is 1. The lowest BCUT2D eigenvalue weighted by molar-refractivity contribution is 0.335. The fourth-order valence-electron chi connectivity index (χ4n) is 2.24. The molecule has 0 bridgehead atoms. The third kappa shape index (κ3) is 3.22. The number of pyridine rings is 1. The largest absolute Gasteiger partial charge is 0.339 e. The van der Waals surface area contributed by atoms with Crippen LogP contribution >= 0.6 is 0 Å². The molecule has 2 heterocycles. The highest BCUT2D eigenvalue weighted by molar-refractivity contribution is 5.53. The van der Waals surface area contributed by atoms with Gasteiger partial charge in [0.2, 0.25) is 11.7 Å². The van der Waals surface area contributed by atoms with Crippen LogP contribution in [0, 0.1) is 19.8 Å². The Morgan fingerprint density at radius 2 is 2.05 bits per heavy atom. The fraction of sp³-hybridized carbons (Fsp3) is 0.533. The normalized spacial score (nSPS) is 12.9. The second kappa shape index (κ2) is 6.13. The van der Waals surface area contributed by atoms with Crippen molar-refractivity contribution in [3.63, 3.8) is 0 Å². The zero-order valence-electron chi connectivity index (χ0n) is 12.8. The standard InChI is InChI=1S/C15H22N4O/c1-9(2)12(16-5)7-13-18-15(19-20-13)14-11(4)6-10(3)8-17-14/h6,8-9,12,16H,7H2,1-5H3. The minimum atomic E-state index is 0.329. The van der Waals surface area contributed by atoms with Gasteiger partial charge in [-0.2, -0.15) is 4.98 Å². The molecule has 0 saturated carbocycles. The number of rotatable bonds is 5. The van der Waals surface area contributed by atoms with E-state index in [2.05, 4.69) is 40.4 Å². The predicted molar refractivity (Wildman–Crippen MR) is 78.4 cm³/mol. The molecule has 20 heavy (non-hydrogen) atoms. The van der Waals surface area contributed by atoms with Crippen molar-refractivity contribution in [3.8, 4) is 11.5 Å². The summed E-state index contributed by atoms with van der Waals surface area (Å²) in [7, 11) is 1.95. The molecular weight excluding hydrogens is 252 g/mol. The number of nitrogens with zero attached hydrogens (tertiary/aromatic N) is 3. The third-order valence-electron chi connectivity index (χ3n) is 3.46. The number of hydrogen-bond acceptors (Lipinski definition) is 5. The van der Waals surface area contributed by atoms with E-state index in [0.29, 0.717) is 23.7 Å². The minimum absolute atomic E-state index is 0.329. The monoisotopic (exact) mass is 274 g/mol. The van der Waals surface area contributed by atoms with Crippen molar-refractivity contribution in [2.24, 2.45) is 5.92 Å². The molecule has 1 N–H and O–H groups in total. The Morgan fingerprint density at radius 1 is 1.30 bits per heavy atom. The van der Waals surface area contributed by atoms with E-state index in [1.807, 2.05) is 27.1 Å². The van der Waals surface area contributed by atoms with Crippen molar-refractivity contribution < 1.29 is 4.52 Å². The van der Waals surface area contributed by atoms with E-state index in [4.69, 9.17) is 4.52 Å². The first kappa shape index (κ1) is 14.7. The Balaban J connectivity index is 2.20. The third-order valence-corrected chi connectivity index (χ3v) is 3.46. The summed E-state index contributed by atoms with van der Waals surface area (Å²) in [4.78, 5) is 8.86. The molecule has 0 amide bonds. The van der Waals surface area contributed by atoms with Crippen LogP contribution in [0.5, 0.6) is 0 Å². The number of likely N-dealkylation sites (N-methyl/N-ethyl adjacent to an activating group) is 1. The van der Waals surface area contributed by atoms with Crippen molar-refractivity contribution in [1.82, 2.24) is 20.4 Å². The van der Waals surface area contributed by atoms with Crippen LogP contribution in [0.3, 0.4) is 0 Å². The van der Waals surface area contributed by atoms with Gasteiger partial charge >= 0.3 is 0 Å². The van der Waals surface area contributed by atoms with Crippen LogP contribution in [0.25, 0.3) is 11.5 Å². The van der Waals surface area contributed by atoms with E-state index in [1.54, 1.807) is 0 Å². The molecule has 0 aromatic carbocycles. The van der Waals surface area contributed by atoms with Crippen LogP contribution in [0.15, 0.2) is 16.8 Å². The van der Waals surface area contributed by atoms with Gasteiger partial charge in [-0.05, 0) is 37.9 Å². The van der Waals surface area contributed by atoms with E-state index < -0.39 is 0 Å². The van der Waals surface area contributed by atoms with E-state index in [0.717, 1.165) is 23.2 Å². The highest BCUT2D eigenvalue weighted by Gasteiger charge is 2.17. The number of aromatic nitrogens is 3. The molecule has 2 rings (SSSR count). The van der Waals surface area contributed by atoms with Crippen LogP contribution in [-0.2, 0) is 6.42 Å². The molecule has 108 valence electrons. The Labute approximate surface area is 119 Å². The highest BCUT2D eigenvalue weighted by Crippen LogP contribution is 2.19. The molecule has 0 fully saturated rings. The van der Waals surface area contributed by atoms with E-state index in [-0.39, 0.29) is 0 Å². The van der Waals surface area contributed by atoms with Gasteiger partial charge in [-0.15, -0.1) is 0 Å². The van der Waals surface area contributed by atoms with Crippen LogP contribution in [-0.4, -0.2) is 28.2 Å². The van der Waals surface area contributed by atoms with Gasteiger partial charge in [-0.1, -0.05) is 25.1 Å². The molecule has 5 heteroatoms. The van der Waals surface area contributed by atoms with Crippen LogP contribution in [0.4, 0.5) is 0 Å². The molecule has 0 aliphatic rings. The second-order valence-corrected chi connectivity index (χ2v) is 5.53. The quantitative estimate of drug-likeness (QED) is 0.907. The average molecular weight is 274 g/mol. The molecule has 2 aromatic heterocycles. The minimum Gasteiger partial charge on any atom is -0.339 e. The molecule has 1 atom stereocenters.